The van der Waals surface area contributed by atoms with E-state index in [9.17, 15) is 22.0 Å². The molecule has 0 saturated carbocycles. The summed E-state index contributed by atoms with van der Waals surface area (Å²) in [6, 6.07) is 7.24. The third-order valence-electron chi connectivity index (χ3n) is 4.24. The Bertz CT molecular complexity index is 1010. The van der Waals surface area contributed by atoms with Crippen LogP contribution in [-0.4, -0.2) is 33.7 Å². The van der Waals surface area contributed by atoms with Crippen LogP contribution in [0.3, 0.4) is 0 Å². The standard InChI is InChI=1S/C19H19F2NO6S/c1-3-26-18(23)19(20,21)17(13-6-9-15-16(10-13)28-11-27-15)22-29(24,25)14-7-4-12(2)5-8-14/h4-10,17,22H,3,11H2,1-2H3. The van der Waals surface area contributed by atoms with Crippen LogP contribution in [0.4, 0.5) is 8.78 Å². The highest BCUT2D eigenvalue weighted by molar-refractivity contribution is 7.89. The smallest absolute Gasteiger partial charge is 0.379 e. The number of fused-ring (bicyclic) bond motifs is 1. The molecule has 1 unspecified atom stereocenters. The Morgan fingerprint density at radius 2 is 1.83 bits per heavy atom. The molecule has 0 radical (unpaired) electrons. The average molecular weight is 427 g/mol. The van der Waals surface area contributed by atoms with E-state index in [1.807, 2.05) is 4.72 Å². The van der Waals surface area contributed by atoms with Gasteiger partial charge < -0.3 is 14.2 Å². The van der Waals surface area contributed by atoms with Gasteiger partial charge >= 0.3 is 11.9 Å². The van der Waals surface area contributed by atoms with Crippen LogP contribution in [0.2, 0.25) is 0 Å². The summed E-state index contributed by atoms with van der Waals surface area (Å²) >= 11 is 0. The fourth-order valence-corrected chi connectivity index (χ4v) is 3.95. The zero-order valence-corrected chi connectivity index (χ0v) is 16.5. The fraction of sp³-hybridized carbons (Fsp3) is 0.316. The minimum absolute atomic E-state index is 0.0905. The predicted molar refractivity (Wildman–Crippen MR) is 98.4 cm³/mol. The molecule has 0 spiro atoms. The molecule has 1 aliphatic heterocycles. The molecule has 7 nitrogen and oxygen atoms in total. The molecule has 156 valence electrons. The molecule has 29 heavy (non-hydrogen) atoms. The van der Waals surface area contributed by atoms with E-state index in [4.69, 9.17) is 9.47 Å². The fourth-order valence-electron chi connectivity index (χ4n) is 2.73. The second-order valence-electron chi connectivity index (χ2n) is 6.32. The first-order chi connectivity index (χ1) is 13.6. The molecule has 1 atom stereocenters. The van der Waals surface area contributed by atoms with Crippen LogP contribution in [0.1, 0.15) is 24.1 Å². The van der Waals surface area contributed by atoms with E-state index in [1.54, 1.807) is 6.92 Å². The minimum Gasteiger partial charge on any atom is -0.462 e. The molecule has 0 aromatic heterocycles. The third kappa shape index (κ3) is 4.33. The maximum Gasteiger partial charge on any atom is 0.379 e. The molecular weight excluding hydrogens is 408 g/mol. The first-order valence-corrected chi connectivity index (χ1v) is 10.2. The van der Waals surface area contributed by atoms with E-state index in [-0.39, 0.29) is 29.6 Å². The van der Waals surface area contributed by atoms with Crippen LogP contribution >= 0.6 is 0 Å². The number of benzene rings is 2. The summed E-state index contributed by atoms with van der Waals surface area (Å²) in [7, 11) is -4.38. The molecule has 1 N–H and O–H groups in total. The monoisotopic (exact) mass is 427 g/mol. The lowest BCUT2D eigenvalue weighted by Gasteiger charge is -2.26. The van der Waals surface area contributed by atoms with Gasteiger partial charge in [-0.3, -0.25) is 0 Å². The van der Waals surface area contributed by atoms with E-state index in [0.29, 0.717) is 5.75 Å². The van der Waals surface area contributed by atoms with Crippen LogP contribution < -0.4 is 14.2 Å². The lowest BCUT2D eigenvalue weighted by Crippen LogP contribution is -2.46. The second kappa shape index (κ2) is 7.96. The number of nitrogens with one attached hydrogen (secondary N) is 1. The van der Waals surface area contributed by atoms with Crippen molar-refractivity contribution in [3.63, 3.8) is 0 Å². The van der Waals surface area contributed by atoms with Crippen LogP contribution in [0.25, 0.3) is 0 Å². The molecule has 3 rings (SSSR count). The maximum absolute atomic E-state index is 14.9. The molecule has 2 aromatic carbocycles. The normalized spacial score (nSPS) is 14.5. The molecule has 0 saturated heterocycles. The van der Waals surface area contributed by atoms with Crippen molar-refractivity contribution in [2.24, 2.45) is 0 Å². The number of sulfonamides is 1. The van der Waals surface area contributed by atoms with Crippen molar-refractivity contribution in [1.82, 2.24) is 4.72 Å². The van der Waals surface area contributed by atoms with Crippen molar-refractivity contribution in [3.8, 4) is 11.5 Å². The van der Waals surface area contributed by atoms with Gasteiger partial charge in [-0.15, -0.1) is 0 Å². The number of rotatable bonds is 7. The molecule has 0 bridgehead atoms. The maximum atomic E-state index is 14.9. The zero-order valence-electron chi connectivity index (χ0n) is 15.6. The van der Waals surface area contributed by atoms with Crippen LogP contribution in [0.5, 0.6) is 11.5 Å². The Labute approximate surface area is 166 Å². The van der Waals surface area contributed by atoms with Crippen molar-refractivity contribution in [3.05, 3.63) is 53.6 Å². The van der Waals surface area contributed by atoms with Gasteiger partial charge in [-0.2, -0.15) is 13.5 Å². The van der Waals surface area contributed by atoms with E-state index in [0.717, 1.165) is 5.56 Å². The Morgan fingerprint density at radius 3 is 2.48 bits per heavy atom. The largest absolute Gasteiger partial charge is 0.462 e. The molecule has 2 aromatic rings. The summed E-state index contributed by atoms with van der Waals surface area (Å²) in [6.45, 7) is 2.76. The number of hydrogen-bond donors (Lipinski definition) is 1. The zero-order chi connectivity index (χ0) is 21.2. The van der Waals surface area contributed by atoms with Gasteiger partial charge in [-0.25, -0.2) is 13.2 Å². The summed E-state index contributed by atoms with van der Waals surface area (Å²) in [6.07, 6.45) is 0. The van der Waals surface area contributed by atoms with Gasteiger partial charge in [0.05, 0.1) is 11.5 Å². The van der Waals surface area contributed by atoms with Gasteiger partial charge in [0.25, 0.3) is 0 Å². The first-order valence-electron chi connectivity index (χ1n) is 8.68. The number of hydrogen-bond acceptors (Lipinski definition) is 6. The number of aryl methyl sites for hydroxylation is 1. The quantitative estimate of drug-likeness (QED) is 0.684. The molecule has 0 aliphatic carbocycles. The van der Waals surface area contributed by atoms with Crippen molar-refractivity contribution in [1.29, 1.82) is 0 Å². The lowest BCUT2D eigenvalue weighted by molar-refractivity contribution is -0.175. The third-order valence-corrected chi connectivity index (χ3v) is 5.68. The number of esters is 1. The van der Waals surface area contributed by atoms with Crippen LogP contribution in [-0.2, 0) is 19.6 Å². The number of alkyl halides is 2. The SMILES string of the molecule is CCOC(=O)C(F)(F)C(NS(=O)(=O)c1ccc(C)cc1)c1ccc2c(c1)OCO2. The first kappa shape index (κ1) is 21.0. The van der Waals surface area contributed by atoms with Crippen LogP contribution in [0, 0.1) is 6.92 Å². The van der Waals surface area contributed by atoms with Gasteiger partial charge in [-0.05, 0) is 43.7 Å². The van der Waals surface area contributed by atoms with Gasteiger partial charge in [0, 0.05) is 0 Å². The van der Waals surface area contributed by atoms with Crippen LogP contribution in [0.15, 0.2) is 47.4 Å². The summed E-state index contributed by atoms with van der Waals surface area (Å²) in [5.41, 5.74) is 0.621. The minimum atomic E-state index is -4.38. The Morgan fingerprint density at radius 1 is 1.17 bits per heavy atom. The number of ether oxygens (including phenoxy) is 3. The predicted octanol–water partition coefficient (Wildman–Crippen LogP) is 2.94. The Hall–Kier alpha value is -2.72. The highest BCUT2D eigenvalue weighted by Gasteiger charge is 2.51. The summed E-state index contributed by atoms with van der Waals surface area (Å²) in [4.78, 5) is 11.7. The van der Waals surface area contributed by atoms with E-state index in [1.165, 1.54) is 49.4 Å². The molecule has 0 fully saturated rings. The average Bonchev–Trinajstić information content (AvgIpc) is 3.14. The van der Waals surface area contributed by atoms with Gasteiger partial charge in [0.2, 0.25) is 16.8 Å². The van der Waals surface area contributed by atoms with Crippen molar-refractivity contribution >= 4 is 16.0 Å². The highest BCUT2D eigenvalue weighted by Crippen LogP contribution is 2.39. The van der Waals surface area contributed by atoms with Crippen molar-refractivity contribution in [2.75, 3.05) is 13.4 Å². The number of carbonyl (C=O) groups is 1. The summed E-state index contributed by atoms with van der Waals surface area (Å²) in [5, 5.41) is 0. The number of carbonyl (C=O) groups excluding carboxylic acids is 1. The molecular formula is C19H19F2NO6S. The van der Waals surface area contributed by atoms with Gasteiger partial charge in [0.15, 0.2) is 11.5 Å². The van der Waals surface area contributed by atoms with Crippen molar-refractivity contribution < 1.29 is 36.2 Å². The Kier molecular flexibility index (Phi) is 5.76. The topological polar surface area (TPSA) is 90.9 Å². The summed E-state index contributed by atoms with van der Waals surface area (Å²) < 4.78 is 72.1. The lowest BCUT2D eigenvalue weighted by atomic mass is 10.0. The van der Waals surface area contributed by atoms with E-state index < -0.39 is 28.0 Å². The summed E-state index contributed by atoms with van der Waals surface area (Å²) in [5.74, 6) is -5.52. The van der Waals surface area contributed by atoms with Gasteiger partial charge in [-0.1, -0.05) is 23.8 Å². The molecule has 0 amide bonds. The Balaban J connectivity index is 2.03. The second-order valence-corrected chi connectivity index (χ2v) is 8.04. The van der Waals surface area contributed by atoms with E-state index in [2.05, 4.69) is 4.74 Å². The molecule has 10 heteroatoms. The van der Waals surface area contributed by atoms with Gasteiger partial charge in [0.1, 0.15) is 6.04 Å². The number of halogens is 2. The molecule has 1 aliphatic rings. The molecule has 1 heterocycles. The van der Waals surface area contributed by atoms with E-state index >= 15 is 0 Å². The van der Waals surface area contributed by atoms with Crippen molar-refractivity contribution in [2.45, 2.75) is 30.7 Å². The highest BCUT2D eigenvalue weighted by atomic mass is 32.2.